The van der Waals surface area contributed by atoms with Gasteiger partial charge in [0.2, 0.25) is 5.91 Å². The van der Waals surface area contributed by atoms with Gasteiger partial charge in [-0.3, -0.25) is 19.7 Å². The number of nitrogens with zero attached hydrogens (tertiary/aromatic N) is 1. The summed E-state index contributed by atoms with van der Waals surface area (Å²) in [5, 5.41) is 20.0. The van der Waals surface area contributed by atoms with Crippen molar-refractivity contribution < 1.29 is 19.6 Å². The van der Waals surface area contributed by atoms with Crippen LogP contribution >= 0.6 is 11.8 Å². The van der Waals surface area contributed by atoms with E-state index < -0.39 is 21.5 Å². The minimum absolute atomic E-state index is 0.0444. The first kappa shape index (κ1) is 16.0. The summed E-state index contributed by atoms with van der Waals surface area (Å²) in [7, 11) is 0. The number of carboxylic acids is 1. The van der Waals surface area contributed by atoms with Gasteiger partial charge in [0.15, 0.2) is 0 Å². The van der Waals surface area contributed by atoms with Crippen molar-refractivity contribution in [1.29, 1.82) is 0 Å². The second-order valence-electron chi connectivity index (χ2n) is 4.57. The van der Waals surface area contributed by atoms with Gasteiger partial charge >= 0.3 is 5.97 Å². The lowest BCUT2D eigenvalue weighted by atomic mass is 10.1. The third-order valence-electron chi connectivity index (χ3n) is 2.67. The van der Waals surface area contributed by atoms with E-state index in [-0.39, 0.29) is 17.0 Å². The maximum atomic E-state index is 11.0. The number of aliphatic carboxylic acids is 1. The number of carboxylic acid groups (broad SMARTS) is 1. The van der Waals surface area contributed by atoms with Gasteiger partial charge in [0.05, 0.1) is 4.92 Å². The minimum Gasteiger partial charge on any atom is -0.480 e. The number of nitrogens with two attached hydrogens (primary N) is 1. The van der Waals surface area contributed by atoms with Crippen molar-refractivity contribution in [2.75, 3.05) is 0 Å². The van der Waals surface area contributed by atoms with Crippen molar-refractivity contribution in [3.8, 4) is 0 Å². The molecule has 1 amide bonds. The van der Waals surface area contributed by atoms with Crippen LogP contribution in [0.15, 0.2) is 18.2 Å². The molecule has 0 saturated heterocycles. The number of thioether (sulfide) groups is 1. The normalized spacial score (nSPS) is 11.1. The highest BCUT2D eigenvalue weighted by Gasteiger charge is 2.29. The molecule has 20 heavy (non-hydrogen) atoms. The molecule has 0 radical (unpaired) electrons. The highest BCUT2D eigenvalue weighted by molar-refractivity contribution is 8.00. The molecule has 0 heterocycles. The van der Waals surface area contributed by atoms with Crippen LogP contribution in [0.1, 0.15) is 29.8 Å². The van der Waals surface area contributed by atoms with E-state index in [1.54, 1.807) is 0 Å². The Balaban J connectivity index is 3.04. The average Bonchev–Trinajstić information content (AvgIpc) is 2.35. The first-order valence-electron chi connectivity index (χ1n) is 5.59. The lowest BCUT2D eigenvalue weighted by molar-refractivity contribution is -0.385. The van der Waals surface area contributed by atoms with Crippen LogP contribution in [0.4, 0.5) is 5.69 Å². The predicted octanol–water partition coefficient (Wildman–Crippen LogP) is 1.79. The second-order valence-corrected chi connectivity index (χ2v) is 6.17. The summed E-state index contributed by atoms with van der Waals surface area (Å²) in [5.41, 5.74) is 5.22. The van der Waals surface area contributed by atoms with E-state index in [4.69, 9.17) is 10.8 Å². The van der Waals surface area contributed by atoms with Gasteiger partial charge in [0, 0.05) is 22.9 Å². The molecule has 108 valence electrons. The summed E-state index contributed by atoms with van der Waals surface area (Å²) >= 11 is 1.07. The molecule has 0 aliphatic carbocycles. The third-order valence-corrected chi connectivity index (χ3v) is 4.02. The van der Waals surface area contributed by atoms with Crippen LogP contribution in [-0.4, -0.2) is 26.7 Å². The number of nitro benzene ring substituents is 1. The first-order valence-corrected chi connectivity index (χ1v) is 6.58. The van der Waals surface area contributed by atoms with Crippen LogP contribution in [0.5, 0.6) is 0 Å². The van der Waals surface area contributed by atoms with Crippen molar-refractivity contribution in [2.45, 2.75) is 24.3 Å². The zero-order valence-corrected chi connectivity index (χ0v) is 11.8. The molecule has 8 heteroatoms. The Hall–Kier alpha value is -2.09. The van der Waals surface area contributed by atoms with Gasteiger partial charge in [-0.15, -0.1) is 11.8 Å². The van der Waals surface area contributed by atoms with Gasteiger partial charge in [-0.25, -0.2) is 0 Å². The molecule has 0 aliphatic rings. The van der Waals surface area contributed by atoms with Gasteiger partial charge in [-0.1, -0.05) is 6.07 Å². The van der Waals surface area contributed by atoms with E-state index in [9.17, 15) is 19.7 Å². The number of carbonyl (C=O) groups excluding carboxylic acids is 1. The van der Waals surface area contributed by atoms with E-state index >= 15 is 0 Å². The highest BCUT2D eigenvalue weighted by atomic mass is 32.2. The lowest BCUT2D eigenvalue weighted by Gasteiger charge is -2.18. The van der Waals surface area contributed by atoms with E-state index in [0.717, 1.165) is 17.8 Å². The number of benzene rings is 1. The van der Waals surface area contributed by atoms with Crippen molar-refractivity contribution in [2.24, 2.45) is 5.73 Å². The quantitative estimate of drug-likeness (QED) is 0.609. The second kappa shape index (κ2) is 5.91. The Morgan fingerprint density at radius 1 is 1.45 bits per heavy atom. The fourth-order valence-electron chi connectivity index (χ4n) is 1.33. The zero-order chi connectivity index (χ0) is 15.5. The standard InChI is InChI=1S/C12H14N2O5S/c1-12(2,11(16)17)20-6-8-4-3-7(10(13)15)5-9(8)14(18)19/h3-5H,6H2,1-2H3,(H2,13,15)(H,16,17). The molecule has 0 aromatic heterocycles. The van der Waals surface area contributed by atoms with Crippen LogP contribution in [0.3, 0.4) is 0 Å². The molecule has 0 spiro atoms. The van der Waals surface area contributed by atoms with E-state index in [2.05, 4.69) is 0 Å². The van der Waals surface area contributed by atoms with Crippen molar-refractivity contribution in [3.63, 3.8) is 0 Å². The Morgan fingerprint density at radius 3 is 2.50 bits per heavy atom. The number of rotatable bonds is 6. The molecule has 7 nitrogen and oxygen atoms in total. The van der Waals surface area contributed by atoms with Crippen molar-refractivity contribution >= 4 is 29.3 Å². The lowest BCUT2D eigenvalue weighted by Crippen LogP contribution is -2.27. The van der Waals surface area contributed by atoms with Crippen LogP contribution in [-0.2, 0) is 10.5 Å². The molecule has 3 N–H and O–H groups in total. The monoisotopic (exact) mass is 298 g/mol. The number of primary amides is 1. The molecule has 0 aliphatic heterocycles. The number of hydrogen-bond donors (Lipinski definition) is 2. The van der Waals surface area contributed by atoms with Gasteiger partial charge in [-0.2, -0.15) is 0 Å². The third kappa shape index (κ3) is 3.70. The molecule has 0 bridgehead atoms. The fraction of sp³-hybridized carbons (Fsp3) is 0.333. The molecule has 0 fully saturated rings. The predicted molar refractivity (Wildman–Crippen MR) is 74.6 cm³/mol. The number of carbonyl (C=O) groups is 2. The SMILES string of the molecule is CC(C)(SCc1ccc(C(N)=O)cc1[N+](=O)[O-])C(=O)O. The van der Waals surface area contributed by atoms with Crippen LogP contribution in [0.25, 0.3) is 0 Å². The molecular weight excluding hydrogens is 284 g/mol. The smallest absolute Gasteiger partial charge is 0.319 e. The number of hydrogen-bond acceptors (Lipinski definition) is 5. The molecule has 1 rings (SSSR count). The topological polar surface area (TPSA) is 124 Å². The summed E-state index contributed by atoms with van der Waals surface area (Å²) in [6.45, 7) is 3.03. The first-order chi connectivity index (χ1) is 9.15. The fourth-order valence-corrected chi connectivity index (χ4v) is 2.21. The van der Waals surface area contributed by atoms with Crippen molar-refractivity contribution in [3.05, 3.63) is 39.4 Å². The van der Waals surface area contributed by atoms with Crippen LogP contribution in [0.2, 0.25) is 0 Å². The van der Waals surface area contributed by atoms with Gasteiger partial charge in [-0.05, 0) is 19.9 Å². The van der Waals surface area contributed by atoms with Crippen LogP contribution in [0, 0.1) is 10.1 Å². The molecule has 0 atom stereocenters. The average molecular weight is 298 g/mol. The van der Waals surface area contributed by atoms with E-state index in [0.29, 0.717) is 5.56 Å². The van der Waals surface area contributed by atoms with Gasteiger partial charge < -0.3 is 10.8 Å². The largest absolute Gasteiger partial charge is 0.480 e. The number of amides is 1. The highest BCUT2D eigenvalue weighted by Crippen LogP contribution is 2.32. The minimum atomic E-state index is -1.06. The molecule has 1 aromatic rings. The zero-order valence-electron chi connectivity index (χ0n) is 11.0. The summed E-state index contributed by atoms with van der Waals surface area (Å²) in [5.74, 6) is -1.61. The Kier molecular flexibility index (Phi) is 4.72. The van der Waals surface area contributed by atoms with Gasteiger partial charge in [0.1, 0.15) is 4.75 Å². The molecular formula is C12H14N2O5S. The van der Waals surface area contributed by atoms with E-state index in [1.165, 1.54) is 26.0 Å². The van der Waals surface area contributed by atoms with Crippen LogP contribution < -0.4 is 5.73 Å². The summed E-state index contributed by atoms with van der Waals surface area (Å²) < 4.78 is -1.06. The number of nitro groups is 1. The Labute approximate surface area is 119 Å². The maximum absolute atomic E-state index is 11.0. The summed E-state index contributed by atoms with van der Waals surface area (Å²) in [6, 6.07) is 3.91. The Morgan fingerprint density at radius 2 is 2.05 bits per heavy atom. The summed E-state index contributed by atoms with van der Waals surface area (Å²) in [6.07, 6.45) is 0. The molecule has 0 unspecified atom stereocenters. The summed E-state index contributed by atoms with van der Waals surface area (Å²) in [4.78, 5) is 32.4. The van der Waals surface area contributed by atoms with E-state index in [1.807, 2.05) is 0 Å². The van der Waals surface area contributed by atoms with Gasteiger partial charge in [0.25, 0.3) is 5.69 Å². The maximum Gasteiger partial charge on any atom is 0.319 e. The molecule has 1 aromatic carbocycles. The van der Waals surface area contributed by atoms with Crippen molar-refractivity contribution in [1.82, 2.24) is 0 Å². The molecule has 0 saturated carbocycles. The Bertz CT molecular complexity index is 571.